The second-order valence-electron chi connectivity index (χ2n) is 6.59. The van der Waals surface area contributed by atoms with Gasteiger partial charge >= 0.3 is 0 Å². The topological polar surface area (TPSA) is 36.9 Å². The van der Waals surface area contributed by atoms with E-state index in [1.165, 1.54) is 0 Å². The van der Waals surface area contributed by atoms with Gasteiger partial charge in [0.05, 0.1) is 37.9 Å². The van der Waals surface area contributed by atoms with Gasteiger partial charge in [0.15, 0.2) is 0 Å². The standard InChI is InChI=1S/C22H34O4/c1-17(15-25-13-11-19(3)23-5)21-7-9-22(10-8-21)18(2)16-26-14-12-20(4)24-6/h7-10,15-16,19-20H,11-14H2,1-6H3. The number of hydrogen-bond donors (Lipinski definition) is 0. The third-order valence-electron chi connectivity index (χ3n) is 4.40. The molecule has 1 aromatic carbocycles. The highest BCUT2D eigenvalue weighted by molar-refractivity contribution is 5.68. The average molecular weight is 363 g/mol. The third kappa shape index (κ3) is 8.54. The molecule has 0 fully saturated rings. The normalized spacial score (nSPS) is 14.8. The molecule has 1 aromatic rings. The van der Waals surface area contributed by atoms with Gasteiger partial charge < -0.3 is 18.9 Å². The van der Waals surface area contributed by atoms with Crippen molar-refractivity contribution < 1.29 is 18.9 Å². The molecule has 0 N–H and O–H groups in total. The van der Waals surface area contributed by atoms with Crippen LogP contribution in [0.4, 0.5) is 0 Å². The van der Waals surface area contributed by atoms with E-state index in [1.54, 1.807) is 14.2 Å². The van der Waals surface area contributed by atoms with Gasteiger partial charge in [0.25, 0.3) is 0 Å². The lowest BCUT2D eigenvalue weighted by molar-refractivity contribution is 0.0875. The number of methoxy groups -OCH3 is 2. The summed E-state index contributed by atoms with van der Waals surface area (Å²) in [5, 5.41) is 0. The minimum atomic E-state index is 0.220. The number of rotatable bonds is 12. The van der Waals surface area contributed by atoms with E-state index in [4.69, 9.17) is 18.9 Å². The van der Waals surface area contributed by atoms with E-state index in [0.717, 1.165) is 35.1 Å². The maximum atomic E-state index is 5.61. The van der Waals surface area contributed by atoms with Gasteiger partial charge in [-0.25, -0.2) is 0 Å². The zero-order chi connectivity index (χ0) is 19.4. The molecule has 0 bridgehead atoms. The largest absolute Gasteiger partial charge is 0.501 e. The van der Waals surface area contributed by atoms with Gasteiger partial charge in [-0.2, -0.15) is 0 Å². The molecule has 4 nitrogen and oxygen atoms in total. The van der Waals surface area contributed by atoms with Crippen molar-refractivity contribution in [3.05, 3.63) is 47.9 Å². The minimum absolute atomic E-state index is 0.220. The van der Waals surface area contributed by atoms with Crippen LogP contribution in [0, 0.1) is 0 Å². The Labute approximate surface area is 158 Å². The van der Waals surface area contributed by atoms with Crippen molar-refractivity contribution in [3.8, 4) is 0 Å². The Hall–Kier alpha value is -1.78. The first-order valence-electron chi connectivity index (χ1n) is 9.21. The monoisotopic (exact) mass is 362 g/mol. The molecule has 2 unspecified atom stereocenters. The summed E-state index contributed by atoms with van der Waals surface area (Å²) in [4.78, 5) is 0. The zero-order valence-corrected chi connectivity index (χ0v) is 17.1. The van der Waals surface area contributed by atoms with Gasteiger partial charge in [-0.3, -0.25) is 0 Å². The lowest BCUT2D eigenvalue weighted by atomic mass is 10.0. The fraction of sp³-hybridized carbons (Fsp3) is 0.545. The van der Waals surface area contributed by atoms with E-state index >= 15 is 0 Å². The van der Waals surface area contributed by atoms with Crippen molar-refractivity contribution in [2.24, 2.45) is 0 Å². The molecular formula is C22H34O4. The lowest BCUT2D eigenvalue weighted by Crippen LogP contribution is -2.07. The second kappa shape index (κ2) is 12.6. The first-order chi connectivity index (χ1) is 12.5. The summed E-state index contributed by atoms with van der Waals surface area (Å²) in [6.45, 7) is 9.50. The van der Waals surface area contributed by atoms with Crippen molar-refractivity contribution in [2.75, 3.05) is 27.4 Å². The van der Waals surface area contributed by atoms with E-state index in [9.17, 15) is 0 Å². The molecule has 0 amide bonds. The number of benzene rings is 1. The van der Waals surface area contributed by atoms with Crippen LogP contribution in [-0.2, 0) is 18.9 Å². The molecule has 26 heavy (non-hydrogen) atoms. The summed E-state index contributed by atoms with van der Waals surface area (Å²) >= 11 is 0. The van der Waals surface area contributed by atoms with Gasteiger partial charge in [-0.15, -0.1) is 0 Å². The first kappa shape index (κ1) is 22.3. The van der Waals surface area contributed by atoms with E-state index in [0.29, 0.717) is 13.2 Å². The predicted molar refractivity (Wildman–Crippen MR) is 108 cm³/mol. The molecule has 0 saturated heterocycles. The molecule has 146 valence electrons. The van der Waals surface area contributed by atoms with E-state index in [-0.39, 0.29) is 12.2 Å². The lowest BCUT2D eigenvalue weighted by Gasteiger charge is -2.10. The molecule has 2 atom stereocenters. The highest BCUT2D eigenvalue weighted by atomic mass is 16.5. The van der Waals surface area contributed by atoms with E-state index in [1.807, 2.05) is 26.4 Å². The quantitative estimate of drug-likeness (QED) is 0.374. The summed E-state index contributed by atoms with van der Waals surface area (Å²) in [6, 6.07) is 8.42. The maximum absolute atomic E-state index is 5.61. The van der Waals surface area contributed by atoms with Crippen molar-refractivity contribution in [2.45, 2.75) is 52.7 Å². The smallest absolute Gasteiger partial charge is 0.0898 e. The van der Waals surface area contributed by atoms with E-state index < -0.39 is 0 Å². The Bertz CT molecular complexity index is 509. The molecule has 0 aliphatic carbocycles. The SMILES string of the molecule is COC(C)CCOC=C(C)c1ccc(C(C)=COCCC(C)OC)cc1. The average Bonchev–Trinajstić information content (AvgIpc) is 2.67. The molecule has 0 aliphatic rings. The molecule has 1 rings (SSSR count). The van der Waals surface area contributed by atoms with E-state index in [2.05, 4.69) is 38.1 Å². The van der Waals surface area contributed by atoms with Crippen LogP contribution in [0.3, 0.4) is 0 Å². The third-order valence-corrected chi connectivity index (χ3v) is 4.40. The molecule has 0 aliphatic heterocycles. The molecule has 0 radical (unpaired) electrons. The van der Waals surface area contributed by atoms with Crippen molar-refractivity contribution in [1.82, 2.24) is 0 Å². The molecule has 0 spiro atoms. The molecular weight excluding hydrogens is 328 g/mol. The van der Waals surface area contributed by atoms with Crippen molar-refractivity contribution in [1.29, 1.82) is 0 Å². The van der Waals surface area contributed by atoms with Crippen LogP contribution in [0.25, 0.3) is 11.1 Å². The van der Waals surface area contributed by atoms with Gasteiger partial charge in [-0.1, -0.05) is 24.3 Å². The molecule has 0 aromatic heterocycles. The molecule has 0 saturated carbocycles. The van der Waals surface area contributed by atoms with Crippen LogP contribution < -0.4 is 0 Å². The van der Waals surface area contributed by atoms with Crippen LogP contribution in [0.2, 0.25) is 0 Å². The second-order valence-corrected chi connectivity index (χ2v) is 6.59. The fourth-order valence-electron chi connectivity index (χ4n) is 2.20. The van der Waals surface area contributed by atoms with Gasteiger partial charge in [0.1, 0.15) is 0 Å². The summed E-state index contributed by atoms with van der Waals surface area (Å²) in [5.41, 5.74) is 4.51. The zero-order valence-electron chi connectivity index (χ0n) is 17.1. The first-order valence-corrected chi connectivity index (χ1v) is 9.21. The van der Waals surface area contributed by atoms with Crippen LogP contribution in [0.1, 0.15) is 51.7 Å². The van der Waals surface area contributed by atoms with Crippen LogP contribution in [-0.4, -0.2) is 39.6 Å². The van der Waals surface area contributed by atoms with Gasteiger partial charge in [0, 0.05) is 27.1 Å². The predicted octanol–water partition coefficient (Wildman–Crippen LogP) is 5.29. The Morgan fingerprint density at radius 3 is 1.42 bits per heavy atom. The van der Waals surface area contributed by atoms with Crippen molar-refractivity contribution >= 4 is 11.1 Å². The Morgan fingerprint density at radius 1 is 0.769 bits per heavy atom. The Balaban J connectivity index is 2.50. The summed E-state index contributed by atoms with van der Waals surface area (Å²) < 4.78 is 21.6. The number of ether oxygens (including phenoxy) is 4. The summed E-state index contributed by atoms with van der Waals surface area (Å²) in [7, 11) is 3.43. The minimum Gasteiger partial charge on any atom is -0.501 e. The maximum Gasteiger partial charge on any atom is 0.0898 e. The highest BCUT2D eigenvalue weighted by Crippen LogP contribution is 2.19. The molecule has 4 heteroatoms. The van der Waals surface area contributed by atoms with Crippen LogP contribution in [0.15, 0.2) is 36.8 Å². The van der Waals surface area contributed by atoms with Gasteiger partial charge in [-0.05, 0) is 50.0 Å². The van der Waals surface area contributed by atoms with Crippen molar-refractivity contribution in [3.63, 3.8) is 0 Å². The molecule has 0 heterocycles. The van der Waals surface area contributed by atoms with Crippen LogP contribution >= 0.6 is 0 Å². The Morgan fingerprint density at radius 2 is 1.12 bits per heavy atom. The fourth-order valence-corrected chi connectivity index (χ4v) is 2.20. The summed E-state index contributed by atoms with van der Waals surface area (Å²) in [5.74, 6) is 0. The number of hydrogen-bond acceptors (Lipinski definition) is 4. The Kier molecular flexibility index (Phi) is 10.7. The highest BCUT2D eigenvalue weighted by Gasteiger charge is 2.02. The van der Waals surface area contributed by atoms with Gasteiger partial charge in [0.2, 0.25) is 0 Å². The van der Waals surface area contributed by atoms with Crippen LogP contribution in [0.5, 0.6) is 0 Å². The summed E-state index contributed by atoms with van der Waals surface area (Å²) in [6.07, 6.45) is 5.84. The number of allylic oxidation sites excluding steroid dienone is 2.